The number of carbonyl (C=O) groups excluding carboxylic acids is 1. The molecule has 1 atom stereocenters. The first-order valence-electron chi connectivity index (χ1n) is 6.54. The molecule has 0 spiro atoms. The summed E-state index contributed by atoms with van der Waals surface area (Å²) in [5.41, 5.74) is 1.84. The number of aliphatic carboxylic acids is 1. The number of imidazole rings is 1. The van der Waals surface area contributed by atoms with Crippen LogP contribution in [-0.2, 0) is 16.1 Å². The number of nitrogens with one attached hydrogen (secondary N) is 1. The maximum atomic E-state index is 11.7. The number of hydrogen-bond donors (Lipinski definition) is 2. The largest absolute Gasteiger partial charge is 0.480 e. The molecule has 0 aliphatic carbocycles. The van der Waals surface area contributed by atoms with Crippen LogP contribution in [0.4, 0.5) is 0 Å². The van der Waals surface area contributed by atoms with Gasteiger partial charge < -0.3 is 15.0 Å². The fraction of sp³-hybridized carbons (Fsp3) is 0.357. The molecule has 0 aliphatic heterocycles. The van der Waals surface area contributed by atoms with Gasteiger partial charge in [-0.15, -0.1) is 0 Å². The highest BCUT2D eigenvalue weighted by molar-refractivity contribution is 5.83. The third-order valence-electron chi connectivity index (χ3n) is 3.15. The number of rotatable bonds is 6. The van der Waals surface area contributed by atoms with Crippen molar-refractivity contribution >= 4 is 22.9 Å². The molecule has 1 aromatic heterocycles. The van der Waals surface area contributed by atoms with Crippen molar-refractivity contribution in [1.82, 2.24) is 14.9 Å². The van der Waals surface area contributed by atoms with Crippen molar-refractivity contribution in [2.75, 3.05) is 0 Å². The van der Waals surface area contributed by atoms with Crippen LogP contribution in [0.3, 0.4) is 0 Å². The molecule has 6 heteroatoms. The summed E-state index contributed by atoms with van der Waals surface area (Å²) >= 11 is 0. The van der Waals surface area contributed by atoms with Gasteiger partial charge in [0.1, 0.15) is 6.04 Å². The normalized spacial score (nSPS) is 12.2. The summed E-state index contributed by atoms with van der Waals surface area (Å²) in [7, 11) is 0. The van der Waals surface area contributed by atoms with Crippen LogP contribution in [0.15, 0.2) is 30.6 Å². The van der Waals surface area contributed by atoms with Crippen molar-refractivity contribution in [3.05, 3.63) is 30.6 Å². The number of carboxylic acid groups (broad SMARTS) is 1. The van der Waals surface area contributed by atoms with Crippen LogP contribution < -0.4 is 5.32 Å². The first kappa shape index (κ1) is 14.0. The predicted molar refractivity (Wildman–Crippen MR) is 74.2 cm³/mol. The van der Waals surface area contributed by atoms with Gasteiger partial charge in [-0.25, -0.2) is 9.78 Å². The molecule has 1 amide bonds. The molecule has 6 nitrogen and oxygen atoms in total. The van der Waals surface area contributed by atoms with Gasteiger partial charge in [0.2, 0.25) is 5.91 Å². The van der Waals surface area contributed by atoms with Crippen molar-refractivity contribution in [2.24, 2.45) is 0 Å². The molecule has 1 aromatic carbocycles. The van der Waals surface area contributed by atoms with Crippen molar-refractivity contribution < 1.29 is 14.7 Å². The zero-order valence-corrected chi connectivity index (χ0v) is 11.2. The number of amides is 1. The van der Waals surface area contributed by atoms with Crippen molar-refractivity contribution in [3.8, 4) is 0 Å². The Morgan fingerprint density at radius 3 is 2.85 bits per heavy atom. The molecule has 2 N–H and O–H groups in total. The number of aryl methyl sites for hydroxylation is 1. The Morgan fingerprint density at radius 2 is 2.15 bits per heavy atom. The van der Waals surface area contributed by atoms with E-state index in [1.807, 2.05) is 28.8 Å². The molecule has 1 heterocycles. The van der Waals surface area contributed by atoms with Gasteiger partial charge in [0.15, 0.2) is 0 Å². The molecule has 0 fully saturated rings. The van der Waals surface area contributed by atoms with Gasteiger partial charge in [0.05, 0.1) is 17.4 Å². The molecular weight excluding hydrogens is 258 g/mol. The lowest BCUT2D eigenvalue weighted by molar-refractivity contribution is -0.141. The molecule has 106 valence electrons. The lowest BCUT2D eigenvalue weighted by atomic mass is 10.2. The fourth-order valence-corrected chi connectivity index (χ4v) is 2.02. The van der Waals surface area contributed by atoms with E-state index in [-0.39, 0.29) is 12.3 Å². The summed E-state index contributed by atoms with van der Waals surface area (Å²) in [4.78, 5) is 26.8. The molecular formula is C14H17N3O3. The number of fused-ring (bicyclic) bond motifs is 1. The van der Waals surface area contributed by atoms with Crippen molar-refractivity contribution in [2.45, 2.75) is 32.4 Å². The summed E-state index contributed by atoms with van der Waals surface area (Å²) in [6.07, 6.45) is 2.28. The van der Waals surface area contributed by atoms with E-state index in [2.05, 4.69) is 10.3 Å². The topological polar surface area (TPSA) is 84.2 Å². The molecule has 0 bridgehead atoms. The highest BCUT2D eigenvalue weighted by atomic mass is 16.4. The van der Waals surface area contributed by atoms with Crippen LogP contribution in [0.5, 0.6) is 0 Å². The zero-order valence-electron chi connectivity index (χ0n) is 11.2. The lowest BCUT2D eigenvalue weighted by Gasteiger charge is -2.12. The van der Waals surface area contributed by atoms with E-state index in [4.69, 9.17) is 5.11 Å². The Balaban J connectivity index is 1.95. The first-order chi connectivity index (χ1) is 9.61. The van der Waals surface area contributed by atoms with Crippen LogP contribution in [0.2, 0.25) is 0 Å². The number of para-hydroxylation sites is 2. The Kier molecular flexibility index (Phi) is 4.34. The molecule has 0 aliphatic rings. The van der Waals surface area contributed by atoms with Crippen LogP contribution in [0, 0.1) is 0 Å². The van der Waals surface area contributed by atoms with Crippen molar-refractivity contribution in [1.29, 1.82) is 0 Å². The molecule has 0 saturated heterocycles. The van der Waals surface area contributed by atoms with E-state index in [0.29, 0.717) is 13.0 Å². The van der Waals surface area contributed by atoms with Gasteiger partial charge in [-0.3, -0.25) is 4.79 Å². The third kappa shape index (κ3) is 3.14. The monoisotopic (exact) mass is 275 g/mol. The van der Waals surface area contributed by atoms with Gasteiger partial charge in [0, 0.05) is 13.0 Å². The molecule has 2 rings (SSSR count). The zero-order chi connectivity index (χ0) is 14.5. The smallest absolute Gasteiger partial charge is 0.326 e. The second kappa shape index (κ2) is 6.18. The maximum Gasteiger partial charge on any atom is 0.326 e. The van der Waals surface area contributed by atoms with Crippen molar-refractivity contribution in [3.63, 3.8) is 0 Å². The third-order valence-corrected chi connectivity index (χ3v) is 3.15. The summed E-state index contributed by atoms with van der Waals surface area (Å²) < 4.78 is 1.89. The first-order valence-corrected chi connectivity index (χ1v) is 6.54. The second-order valence-corrected chi connectivity index (χ2v) is 4.54. The fourth-order valence-electron chi connectivity index (χ4n) is 2.02. The number of carbonyl (C=O) groups is 2. The van der Waals surface area contributed by atoms with Crippen LogP contribution in [0.25, 0.3) is 11.0 Å². The van der Waals surface area contributed by atoms with Gasteiger partial charge in [-0.1, -0.05) is 19.1 Å². The van der Waals surface area contributed by atoms with Gasteiger partial charge in [0.25, 0.3) is 0 Å². The van der Waals surface area contributed by atoms with Gasteiger partial charge in [-0.05, 0) is 18.6 Å². The number of hydrogen-bond acceptors (Lipinski definition) is 3. The summed E-state index contributed by atoms with van der Waals surface area (Å²) in [6.45, 7) is 2.20. The number of aromatic nitrogens is 2. The number of carboxylic acids is 1. The molecule has 0 radical (unpaired) electrons. The SMILES string of the molecule is CC[C@@H](NC(=O)CCn1cnc2ccccc21)C(=O)O. The molecule has 2 aromatic rings. The lowest BCUT2D eigenvalue weighted by Crippen LogP contribution is -2.40. The summed E-state index contributed by atoms with van der Waals surface area (Å²) in [6, 6.07) is 6.85. The predicted octanol–water partition coefficient (Wildman–Crippen LogP) is 1.41. The minimum atomic E-state index is -1.01. The Morgan fingerprint density at radius 1 is 1.40 bits per heavy atom. The van der Waals surface area contributed by atoms with E-state index in [0.717, 1.165) is 11.0 Å². The highest BCUT2D eigenvalue weighted by Gasteiger charge is 2.17. The molecule has 20 heavy (non-hydrogen) atoms. The minimum absolute atomic E-state index is 0.226. The molecule has 0 saturated carbocycles. The van der Waals surface area contributed by atoms with E-state index in [9.17, 15) is 9.59 Å². The quantitative estimate of drug-likeness (QED) is 0.834. The summed E-state index contributed by atoms with van der Waals surface area (Å²) in [5.74, 6) is -1.27. The van der Waals surface area contributed by atoms with Gasteiger partial charge in [-0.2, -0.15) is 0 Å². The number of benzene rings is 1. The summed E-state index contributed by atoms with van der Waals surface area (Å²) in [5, 5.41) is 11.4. The standard InChI is InChI=1S/C14H17N3O3/c1-2-10(14(19)20)16-13(18)7-8-17-9-15-11-5-3-4-6-12(11)17/h3-6,9-10H,2,7-8H2,1H3,(H,16,18)(H,19,20)/t10-/m1/s1. The van der Waals surface area contributed by atoms with E-state index in [1.165, 1.54) is 0 Å². The van der Waals surface area contributed by atoms with Crippen LogP contribution >= 0.6 is 0 Å². The Bertz CT molecular complexity index is 621. The van der Waals surface area contributed by atoms with Gasteiger partial charge >= 0.3 is 5.97 Å². The van der Waals surface area contributed by atoms with Crippen LogP contribution in [-0.4, -0.2) is 32.6 Å². The van der Waals surface area contributed by atoms with Crippen LogP contribution in [0.1, 0.15) is 19.8 Å². The Labute approximate surface area is 116 Å². The Hall–Kier alpha value is -2.37. The van der Waals surface area contributed by atoms with E-state index >= 15 is 0 Å². The van der Waals surface area contributed by atoms with E-state index in [1.54, 1.807) is 13.3 Å². The average molecular weight is 275 g/mol. The minimum Gasteiger partial charge on any atom is -0.480 e. The average Bonchev–Trinajstić information content (AvgIpc) is 2.85. The molecule has 0 unspecified atom stereocenters. The van der Waals surface area contributed by atoms with E-state index < -0.39 is 12.0 Å². The number of nitrogens with zero attached hydrogens (tertiary/aromatic N) is 2. The second-order valence-electron chi connectivity index (χ2n) is 4.54. The highest BCUT2D eigenvalue weighted by Crippen LogP contribution is 2.12. The maximum absolute atomic E-state index is 11.7.